The minimum Gasteiger partial charge on any atom is -0.350 e. The number of halogens is 1. The van der Waals surface area contributed by atoms with Gasteiger partial charge in [0.2, 0.25) is 0 Å². The standard InChI is InChI=1S/C15H19ClN2S/c1-11-13(16)6-3-7-14(11)17-15-18(8-9-19-15)10-12-4-2-5-12/h3,6-7,12H,2,4-5,8-10H2,1H3/b17-15-. The van der Waals surface area contributed by atoms with Crippen LogP contribution in [-0.4, -0.2) is 28.9 Å². The molecule has 102 valence electrons. The van der Waals surface area contributed by atoms with Gasteiger partial charge in [-0.2, -0.15) is 0 Å². The fourth-order valence-corrected chi connectivity index (χ4v) is 3.69. The average molecular weight is 295 g/mol. The van der Waals surface area contributed by atoms with Crippen molar-refractivity contribution in [3.63, 3.8) is 0 Å². The molecule has 0 aromatic heterocycles. The van der Waals surface area contributed by atoms with Gasteiger partial charge in [0, 0.05) is 23.9 Å². The lowest BCUT2D eigenvalue weighted by Crippen LogP contribution is -2.33. The molecule has 0 N–H and O–H groups in total. The monoisotopic (exact) mass is 294 g/mol. The summed E-state index contributed by atoms with van der Waals surface area (Å²) < 4.78 is 0. The topological polar surface area (TPSA) is 15.6 Å². The fourth-order valence-electron chi connectivity index (χ4n) is 2.51. The fraction of sp³-hybridized carbons (Fsp3) is 0.533. The Morgan fingerprint density at radius 3 is 3.00 bits per heavy atom. The summed E-state index contributed by atoms with van der Waals surface area (Å²) in [4.78, 5) is 7.29. The minimum absolute atomic E-state index is 0.801. The van der Waals surface area contributed by atoms with E-state index in [0.29, 0.717) is 0 Å². The quantitative estimate of drug-likeness (QED) is 0.816. The van der Waals surface area contributed by atoms with Crippen LogP contribution in [0.2, 0.25) is 5.02 Å². The molecule has 0 spiro atoms. The lowest BCUT2D eigenvalue weighted by Gasteiger charge is -2.30. The molecule has 1 aliphatic carbocycles. The highest BCUT2D eigenvalue weighted by Crippen LogP contribution is 2.32. The highest BCUT2D eigenvalue weighted by atomic mass is 35.5. The zero-order valence-corrected chi connectivity index (χ0v) is 12.8. The molecule has 19 heavy (non-hydrogen) atoms. The van der Waals surface area contributed by atoms with Gasteiger partial charge in [-0.1, -0.05) is 35.9 Å². The molecule has 0 radical (unpaired) electrons. The van der Waals surface area contributed by atoms with Crippen LogP contribution in [0.25, 0.3) is 0 Å². The first kappa shape index (κ1) is 13.3. The summed E-state index contributed by atoms with van der Waals surface area (Å²) in [6.07, 6.45) is 4.20. The third-order valence-corrected chi connectivity index (χ3v) is 5.43. The van der Waals surface area contributed by atoms with Crippen molar-refractivity contribution in [2.24, 2.45) is 10.9 Å². The number of hydrogen-bond acceptors (Lipinski definition) is 2. The second kappa shape index (κ2) is 5.76. The van der Waals surface area contributed by atoms with Crippen LogP contribution >= 0.6 is 23.4 Å². The Bertz CT molecular complexity index is 497. The molecule has 2 fully saturated rings. The maximum Gasteiger partial charge on any atom is 0.164 e. The first-order valence-electron chi connectivity index (χ1n) is 6.95. The first-order chi connectivity index (χ1) is 9.24. The second-order valence-electron chi connectivity index (χ2n) is 5.37. The van der Waals surface area contributed by atoms with Gasteiger partial charge in [0.15, 0.2) is 5.17 Å². The molecule has 2 nitrogen and oxygen atoms in total. The largest absolute Gasteiger partial charge is 0.350 e. The number of benzene rings is 1. The lowest BCUT2D eigenvalue weighted by atomic mass is 9.85. The van der Waals surface area contributed by atoms with Crippen molar-refractivity contribution in [3.8, 4) is 0 Å². The van der Waals surface area contributed by atoms with Crippen LogP contribution < -0.4 is 0 Å². The van der Waals surface area contributed by atoms with Crippen molar-refractivity contribution in [1.29, 1.82) is 0 Å². The lowest BCUT2D eigenvalue weighted by molar-refractivity contribution is 0.250. The normalized spacial score (nSPS) is 22.0. The van der Waals surface area contributed by atoms with Crippen LogP contribution in [0, 0.1) is 12.8 Å². The van der Waals surface area contributed by atoms with Crippen LogP contribution in [0.4, 0.5) is 5.69 Å². The maximum absolute atomic E-state index is 6.16. The zero-order chi connectivity index (χ0) is 13.2. The Labute approximate surface area is 124 Å². The first-order valence-corrected chi connectivity index (χ1v) is 8.32. The van der Waals surface area contributed by atoms with Gasteiger partial charge < -0.3 is 4.90 Å². The van der Waals surface area contributed by atoms with Gasteiger partial charge in [-0.25, -0.2) is 4.99 Å². The SMILES string of the molecule is Cc1c(Cl)cccc1/N=C1\SCCN1CC1CCC1. The number of aliphatic imine (C=N–C) groups is 1. The highest BCUT2D eigenvalue weighted by molar-refractivity contribution is 8.14. The molecule has 2 aliphatic rings. The van der Waals surface area contributed by atoms with E-state index in [9.17, 15) is 0 Å². The third-order valence-electron chi connectivity index (χ3n) is 4.02. The molecule has 0 atom stereocenters. The van der Waals surface area contributed by atoms with Crippen LogP contribution in [-0.2, 0) is 0 Å². The van der Waals surface area contributed by atoms with Gasteiger partial charge in [-0.3, -0.25) is 0 Å². The van der Waals surface area contributed by atoms with Gasteiger partial charge in [0.05, 0.1) is 5.69 Å². The molecule has 1 aliphatic heterocycles. The molecule has 3 rings (SSSR count). The van der Waals surface area contributed by atoms with Crippen LogP contribution in [0.5, 0.6) is 0 Å². The maximum atomic E-state index is 6.16. The number of nitrogens with zero attached hydrogens (tertiary/aromatic N) is 2. The van der Waals surface area contributed by atoms with Crippen LogP contribution in [0.15, 0.2) is 23.2 Å². The van der Waals surface area contributed by atoms with E-state index in [2.05, 4.69) is 11.0 Å². The molecule has 4 heteroatoms. The van der Waals surface area contributed by atoms with Gasteiger partial charge in [-0.05, 0) is 43.4 Å². The Morgan fingerprint density at radius 1 is 1.42 bits per heavy atom. The van der Waals surface area contributed by atoms with E-state index in [-0.39, 0.29) is 0 Å². The number of hydrogen-bond donors (Lipinski definition) is 0. The second-order valence-corrected chi connectivity index (χ2v) is 6.84. The Kier molecular flexibility index (Phi) is 4.04. The number of amidine groups is 1. The van der Waals surface area contributed by atoms with Crippen molar-refractivity contribution in [3.05, 3.63) is 28.8 Å². The summed E-state index contributed by atoms with van der Waals surface area (Å²) >= 11 is 8.03. The smallest absolute Gasteiger partial charge is 0.164 e. The molecule has 1 saturated heterocycles. The molecular weight excluding hydrogens is 276 g/mol. The van der Waals surface area contributed by atoms with Crippen molar-refractivity contribution < 1.29 is 0 Å². The summed E-state index contributed by atoms with van der Waals surface area (Å²) in [6, 6.07) is 5.95. The Balaban J connectivity index is 1.78. The summed E-state index contributed by atoms with van der Waals surface area (Å²) in [7, 11) is 0. The van der Waals surface area contributed by atoms with Gasteiger partial charge in [0.1, 0.15) is 0 Å². The van der Waals surface area contributed by atoms with Gasteiger partial charge in [0.25, 0.3) is 0 Å². The van der Waals surface area contributed by atoms with E-state index >= 15 is 0 Å². The van der Waals surface area contributed by atoms with E-state index in [4.69, 9.17) is 16.6 Å². The highest BCUT2D eigenvalue weighted by Gasteiger charge is 2.26. The van der Waals surface area contributed by atoms with Gasteiger partial charge >= 0.3 is 0 Å². The summed E-state index contributed by atoms with van der Waals surface area (Å²) in [5.74, 6) is 2.05. The summed E-state index contributed by atoms with van der Waals surface area (Å²) in [5.41, 5.74) is 2.09. The van der Waals surface area contributed by atoms with Gasteiger partial charge in [-0.15, -0.1) is 0 Å². The Hall–Kier alpha value is -0.670. The molecule has 1 heterocycles. The van der Waals surface area contributed by atoms with E-state index in [1.54, 1.807) is 0 Å². The summed E-state index contributed by atoms with van der Waals surface area (Å²) in [6.45, 7) is 4.36. The number of thioether (sulfide) groups is 1. The number of rotatable bonds is 3. The van der Waals surface area contributed by atoms with Crippen LogP contribution in [0.3, 0.4) is 0 Å². The van der Waals surface area contributed by atoms with Crippen molar-refractivity contribution in [2.45, 2.75) is 26.2 Å². The molecule has 1 aromatic carbocycles. The molecule has 0 bridgehead atoms. The van der Waals surface area contributed by atoms with Crippen molar-refractivity contribution >= 4 is 34.2 Å². The molecule has 1 aromatic rings. The molecular formula is C15H19ClN2S. The predicted molar refractivity (Wildman–Crippen MR) is 84.7 cm³/mol. The minimum atomic E-state index is 0.801. The van der Waals surface area contributed by atoms with E-state index in [0.717, 1.165) is 34.5 Å². The average Bonchev–Trinajstić information content (AvgIpc) is 2.77. The zero-order valence-electron chi connectivity index (χ0n) is 11.2. The Morgan fingerprint density at radius 2 is 2.26 bits per heavy atom. The molecule has 1 saturated carbocycles. The third kappa shape index (κ3) is 2.92. The van der Waals surface area contributed by atoms with Crippen molar-refractivity contribution in [1.82, 2.24) is 4.90 Å². The van der Waals surface area contributed by atoms with E-state index < -0.39 is 0 Å². The predicted octanol–water partition coefficient (Wildman–Crippen LogP) is 4.48. The van der Waals surface area contributed by atoms with E-state index in [1.807, 2.05) is 30.8 Å². The summed E-state index contributed by atoms with van der Waals surface area (Å²) in [5, 5.41) is 1.98. The van der Waals surface area contributed by atoms with Crippen LogP contribution in [0.1, 0.15) is 24.8 Å². The van der Waals surface area contributed by atoms with Crippen molar-refractivity contribution in [2.75, 3.05) is 18.8 Å². The molecule has 0 amide bonds. The molecule has 0 unspecified atom stereocenters. The van der Waals surface area contributed by atoms with E-state index in [1.165, 1.54) is 31.0 Å².